The fraction of sp³-hybridized carbons (Fsp3) is 0.562. The summed E-state index contributed by atoms with van der Waals surface area (Å²) in [6.45, 7) is 4.49. The maximum Gasteiger partial charge on any atom is 0.270 e. The lowest BCUT2D eigenvalue weighted by molar-refractivity contribution is -0.384. The summed E-state index contributed by atoms with van der Waals surface area (Å²) in [4.78, 5) is 27.0. The molecule has 0 aromatic heterocycles. The summed E-state index contributed by atoms with van der Waals surface area (Å²) in [5.74, 6) is 0.159. The highest BCUT2D eigenvalue weighted by atomic mass is 16.6. The Morgan fingerprint density at radius 2 is 2.17 bits per heavy atom. The number of rotatable bonds is 6. The molecule has 7 nitrogen and oxygen atoms in total. The van der Waals surface area contributed by atoms with Gasteiger partial charge in [0.25, 0.3) is 11.6 Å². The van der Waals surface area contributed by atoms with Gasteiger partial charge in [0.2, 0.25) is 0 Å². The van der Waals surface area contributed by atoms with Gasteiger partial charge in [-0.1, -0.05) is 0 Å². The monoisotopic (exact) mass is 321 g/mol. The Hall–Kier alpha value is -2.15. The van der Waals surface area contributed by atoms with E-state index in [0.717, 1.165) is 13.0 Å². The molecule has 23 heavy (non-hydrogen) atoms. The van der Waals surface area contributed by atoms with Crippen molar-refractivity contribution in [1.29, 1.82) is 0 Å². The van der Waals surface area contributed by atoms with Gasteiger partial charge < -0.3 is 14.5 Å². The van der Waals surface area contributed by atoms with Crippen LogP contribution in [0, 0.1) is 16.0 Å². The predicted octanol–water partition coefficient (Wildman–Crippen LogP) is 2.16. The summed E-state index contributed by atoms with van der Waals surface area (Å²) in [5.41, 5.74) is 0.978. The average Bonchev–Trinajstić information content (AvgIpc) is 3.04. The van der Waals surface area contributed by atoms with Gasteiger partial charge in [-0.05, 0) is 19.4 Å². The Morgan fingerprint density at radius 1 is 1.43 bits per heavy atom. The number of nitro benzene ring substituents is 1. The van der Waals surface area contributed by atoms with E-state index in [1.165, 1.54) is 12.1 Å². The molecular formula is C16H23N3O4. The molecule has 1 fully saturated rings. The van der Waals surface area contributed by atoms with Gasteiger partial charge >= 0.3 is 0 Å². The quantitative estimate of drug-likeness (QED) is 0.593. The Morgan fingerprint density at radius 3 is 2.70 bits per heavy atom. The molecule has 1 heterocycles. The van der Waals surface area contributed by atoms with Gasteiger partial charge in [0.1, 0.15) is 0 Å². The van der Waals surface area contributed by atoms with Crippen molar-refractivity contribution in [2.24, 2.45) is 5.92 Å². The van der Waals surface area contributed by atoms with Crippen molar-refractivity contribution in [3.63, 3.8) is 0 Å². The van der Waals surface area contributed by atoms with Crippen molar-refractivity contribution in [1.82, 2.24) is 4.90 Å². The number of carbonyl (C=O) groups is 1. The highest BCUT2D eigenvalue weighted by molar-refractivity contribution is 6.00. The molecule has 0 N–H and O–H groups in total. The van der Waals surface area contributed by atoms with Crippen LogP contribution in [0.4, 0.5) is 11.4 Å². The van der Waals surface area contributed by atoms with E-state index >= 15 is 0 Å². The second-order valence-electron chi connectivity index (χ2n) is 5.93. The van der Waals surface area contributed by atoms with Crippen molar-refractivity contribution in [3.8, 4) is 0 Å². The van der Waals surface area contributed by atoms with Crippen molar-refractivity contribution in [2.45, 2.75) is 13.3 Å². The molecule has 1 aliphatic heterocycles. The van der Waals surface area contributed by atoms with Crippen LogP contribution in [0.3, 0.4) is 0 Å². The zero-order chi connectivity index (χ0) is 17.0. The van der Waals surface area contributed by atoms with E-state index in [2.05, 4.69) is 0 Å². The number of carbonyl (C=O) groups excluding carboxylic acids is 1. The van der Waals surface area contributed by atoms with Crippen molar-refractivity contribution >= 4 is 17.3 Å². The van der Waals surface area contributed by atoms with Crippen LogP contribution in [0.25, 0.3) is 0 Å². The maximum atomic E-state index is 12.9. The molecule has 0 bridgehead atoms. The van der Waals surface area contributed by atoms with Gasteiger partial charge in [-0.3, -0.25) is 14.9 Å². The number of anilines is 1. The summed E-state index contributed by atoms with van der Waals surface area (Å²) in [5, 5.41) is 11.0. The molecule has 1 unspecified atom stereocenters. The molecule has 0 radical (unpaired) electrons. The highest BCUT2D eigenvalue weighted by Gasteiger charge is 2.25. The lowest BCUT2D eigenvalue weighted by atomic mass is 10.1. The van der Waals surface area contributed by atoms with E-state index < -0.39 is 4.92 Å². The first-order chi connectivity index (χ1) is 10.9. The molecule has 0 saturated carbocycles. The van der Waals surface area contributed by atoms with Crippen LogP contribution in [-0.4, -0.2) is 56.1 Å². The molecule has 1 saturated heterocycles. The Labute approximate surface area is 136 Å². The zero-order valence-corrected chi connectivity index (χ0v) is 13.8. The molecule has 1 atom stereocenters. The largest absolute Gasteiger partial charge is 0.381 e. The van der Waals surface area contributed by atoms with Crippen LogP contribution in [0.15, 0.2) is 18.2 Å². The third-order valence-electron chi connectivity index (χ3n) is 4.07. The van der Waals surface area contributed by atoms with Gasteiger partial charge in [0.15, 0.2) is 0 Å². The van der Waals surface area contributed by atoms with Crippen LogP contribution in [0.1, 0.15) is 23.7 Å². The molecule has 1 amide bonds. The first kappa shape index (κ1) is 17.2. The molecule has 7 heteroatoms. The Balaban J connectivity index is 2.30. The van der Waals surface area contributed by atoms with Crippen LogP contribution < -0.4 is 4.90 Å². The first-order valence-electron chi connectivity index (χ1n) is 7.76. The molecule has 0 aliphatic carbocycles. The van der Waals surface area contributed by atoms with E-state index in [9.17, 15) is 14.9 Å². The smallest absolute Gasteiger partial charge is 0.270 e. The second-order valence-corrected chi connectivity index (χ2v) is 5.93. The number of non-ortho nitro benzene ring substituents is 1. The van der Waals surface area contributed by atoms with E-state index in [0.29, 0.717) is 36.9 Å². The SMILES string of the molecule is CCN(CC1CCOC1)C(=O)c1cc([N+](=O)[O-])ccc1N(C)C. The average molecular weight is 321 g/mol. The van der Waals surface area contributed by atoms with E-state index in [1.807, 2.05) is 21.0 Å². The number of hydrogen-bond acceptors (Lipinski definition) is 5. The first-order valence-corrected chi connectivity index (χ1v) is 7.76. The lowest BCUT2D eigenvalue weighted by Gasteiger charge is -2.26. The van der Waals surface area contributed by atoms with Crippen LogP contribution >= 0.6 is 0 Å². The molecule has 1 aromatic carbocycles. The summed E-state index contributed by atoms with van der Waals surface area (Å²) in [6, 6.07) is 4.41. The minimum absolute atomic E-state index is 0.0702. The minimum atomic E-state index is -0.475. The topological polar surface area (TPSA) is 75.9 Å². The minimum Gasteiger partial charge on any atom is -0.381 e. The lowest BCUT2D eigenvalue weighted by Crippen LogP contribution is -2.36. The van der Waals surface area contributed by atoms with Crippen molar-refractivity contribution in [3.05, 3.63) is 33.9 Å². The number of nitrogens with zero attached hydrogens (tertiary/aromatic N) is 3. The standard InChI is InChI=1S/C16H23N3O4/c1-4-18(10-12-7-8-23-11-12)16(20)14-9-13(19(21)22)5-6-15(14)17(2)3/h5-6,9,12H,4,7-8,10-11H2,1-3H3. The summed E-state index contributed by atoms with van der Waals surface area (Å²) in [6.07, 6.45) is 0.944. The van der Waals surface area contributed by atoms with E-state index in [-0.39, 0.29) is 11.6 Å². The van der Waals surface area contributed by atoms with Crippen LogP contribution in [0.2, 0.25) is 0 Å². The van der Waals surface area contributed by atoms with E-state index in [1.54, 1.807) is 15.9 Å². The third kappa shape index (κ3) is 3.98. The number of hydrogen-bond donors (Lipinski definition) is 0. The second kappa shape index (κ2) is 7.41. The normalized spacial score (nSPS) is 17.1. The number of ether oxygens (including phenoxy) is 1. The summed E-state index contributed by atoms with van der Waals surface area (Å²) < 4.78 is 5.36. The molecule has 0 spiro atoms. The zero-order valence-electron chi connectivity index (χ0n) is 13.8. The Kier molecular flexibility index (Phi) is 5.54. The summed E-state index contributed by atoms with van der Waals surface area (Å²) in [7, 11) is 3.64. The molecule has 1 aromatic rings. The fourth-order valence-corrected chi connectivity index (χ4v) is 2.76. The van der Waals surface area contributed by atoms with E-state index in [4.69, 9.17) is 4.74 Å². The molecule has 2 rings (SSSR count). The molecule has 1 aliphatic rings. The predicted molar refractivity (Wildman–Crippen MR) is 87.9 cm³/mol. The van der Waals surface area contributed by atoms with Gasteiger partial charge in [-0.15, -0.1) is 0 Å². The third-order valence-corrected chi connectivity index (χ3v) is 4.07. The van der Waals surface area contributed by atoms with Crippen LogP contribution in [0.5, 0.6) is 0 Å². The van der Waals surface area contributed by atoms with Crippen LogP contribution in [-0.2, 0) is 4.74 Å². The Bertz CT molecular complexity index is 583. The van der Waals surface area contributed by atoms with Gasteiger partial charge in [-0.2, -0.15) is 0 Å². The number of benzene rings is 1. The highest BCUT2D eigenvalue weighted by Crippen LogP contribution is 2.26. The maximum absolute atomic E-state index is 12.9. The number of amides is 1. The molecule has 126 valence electrons. The summed E-state index contributed by atoms with van der Waals surface area (Å²) >= 11 is 0. The van der Waals surface area contributed by atoms with Gasteiger partial charge in [0, 0.05) is 57.5 Å². The van der Waals surface area contributed by atoms with Crippen molar-refractivity contribution in [2.75, 3.05) is 45.3 Å². The van der Waals surface area contributed by atoms with Crippen molar-refractivity contribution < 1.29 is 14.5 Å². The fourth-order valence-electron chi connectivity index (χ4n) is 2.76. The van der Waals surface area contributed by atoms with Gasteiger partial charge in [-0.25, -0.2) is 0 Å². The number of nitro groups is 1. The molecular weight excluding hydrogens is 298 g/mol. The van der Waals surface area contributed by atoms with Gasteiger partial charge in [0.05, 0.1) is 17.1 Å².